The Morgan fingerprint density at radius 3 is 2.25 bits per heavy atom. The highest BCUT2D eigenvalue weighted by atomic mass is 19.1. The van der Waals surface area contributed by atoms with E-state index in [0.29, 0.717) is 0 Å². The van der Waals surface area contributed by atoms with E-state index in [2.05, 4.69) is 0 Å². The minimum Gasteiger partial charge on any atom is -0.312 e. The number of halogens is 2. The minimum atomic E-state index is -1.24. The Bertz CT molecular complexity index is 310. The zero-order chi connectivity index (χ0) is 9.14. The third-order valence-electron chi connectivity index (χ3n) is 1.45. The monoisotopic (exact) mass is 168 g/mol. The fraction of sp³-hybridized carbons (Fsp3) is 0.125. The molecule has 12 heavy (non-hydrogen) atoms. The van der Waals surface area contributed by atoms with Crippen molar-refractivity contribution in [1.29, 1.82) is 5.26 Å². The van der Waals surface area contributed by atoms with Crippen LogP contribution in [0, 0.1) is 23.0 Å². The van der Waals surface area contributed by atoms with Crippen LogP contribution in [0.3, 0.4) is 0 Å². The van der Waals surface area contributed by atoms with Crippen molar-refractivity contribution < 1.29 is 8.78 Å². The number of hydrogen-bond acceptors (Lipinski definition) is 2. The van der Waals surface area contributed by atoms with E-state index in [-0.39, 0.29) is 5.56 Å². The van der Waals surface area contributed by atoms with Gasteiger partial charge in [-0.1, -0.05) is 6.07 Å². The fourth-order valence-corrected chi connectivity index (χ4v) is 0.872. The van der Waals surface area contributed by atoms with Crippen molar-refractivity contribution in [3.05, 3.63) is 35.4 Å². The molecular weight excluding hydrogens is 162 g/mol. The van der Waals surface area contributed by atoms with Crippen LogP contribution in [0.25, 0.3) is 0 Å². The number of hydrogen-bond donors (Lipinski definition) is 1. The van der Waals surface area contributed by atoms with Gasteiger partial charge >= 0.3 is 0 Å². The SMILES string of the molecule is N#CC(N)c1c(F)cccc1F. The summed E-state index contributed by atoms with van der Waals surface area (Å²) in [5.74, 6) is -1.58. The van der Waals surface area contributed by atoms with Crippen LogP contribution < -0.4 is 5.73 Å². The normalized spacial score (nSPS) is 12.2. The lowest BCUT2D eigenvalue weighted by Crippen LogP contribution is -2.11. The summed E-state index contributed by atoms with van der Waals surface area (Å²) < 4.78 is 25.6. The van der Waals surface area contributed by atoms with Gasteiger partial charge in [0.15, 0.2) is 0 Å². The molecule has 2 nitrogen and oxygen atoms in total. The average Bonchev–Trinajstić information content (AvgIpc) is 2.03. The molecule has 0 radical (unpaired) electrons. The Morgan fingerprint density at radius 2 is 1.83 bits per heavy atom. The van der Waals surface area contributed by atoms with Gasteiger partial charge in [0.2, 0.25) is 0 Å². The summed E-state index contributed by atoms with van der Waals surface area (Å²) >= 11 is 0. The molecule has 0 aromatic heterocycles. The van der Waals surface area contributed by atoms with Gasteiger partial charge in [-0.25, -0.2) is 8.78 Å². The molecular formula is C8H6F2N2. The first kappa shape index (κ1) is 8.62. The summed E-state index contributed by atoms with van der Waals surface area (Å²) in [7, 11) is 0. The lowest BCUT2D eigenvalue weighted by Gasteiger charge is -2.04. The predicted molar refractivity (Wildman–Crippen MR) is 38.9 cm³/mol. The highest BCUT2D eigenvalue weighted by Gasteiger charge is 2.14. The lowest BCUT2D eigenvalue weighted by molar-refractivity contribution is 0.548. The Balaban J connectivity index is 3.23. The van der Waals surface area contributed by atoms with Gasteiger partial charge in [0, 0.05) is 0 Å². The first-order valence-electron chi connectivity index (χ1n) is 3.26. The van der Waals surface area contributed by atoms with Crippen LogP contribution in [-0.2, 0) is 0 Å². The zero-order valence-corrected chi connectivity index (χ0v) is 6.09. The molecule has 0 heterocycles. The van der Waals surface area contributed by atoms with E-state index in [4.69, 9.17) is 11.0 Å². The molecule has 1 rings (SSSR count). The maximum Gasteiger partial charge on any atom is 0.131 e. The van der Waals surface area contributed by atoms with Crippen LogP contribution in [0.4, 0.5) is 8.78 Å². The second-order valence-corrected chi connectivity index (χ2v) is 2.24. The topological polar surface area (TPSA) is 49.8 Å². The van der Waals surface area contributed by atoms with Crippen molar-refractivity contribution in [2.45, 2.75) is 6.04 Å². The Kier molecular flexibility index (Phi) is 2.36. The quantitative estimate of drug-likeness (QED) is 0.690. The Hall–Kier alpha value is -1.47. The molecule has 0 spiro atoms. The molecule has 0 aliphatic carbocycles. The number of nitrogens with zero attached hydrogens (tertiary/aromatic N) is 1. The summed E-state index contributed by atoms with van der Waals surface area (Å²) in [5.41, 5.74) is 4.78. The number of benzene rings is 1. The number of rotatable bonds is 1. The highest BCUT2D eigenvalue weighted by Crippen LogP contribution is 2.17. The summed E-state index contributed by atoms with van der Waals surface area (Å²) in [6, 6.07) is 3.67. The summed E-state index contributed by atoms with van der Waals surface area (Å²) in [4.78, 5) is 0. The molecule has 62 valence electrons. The van der Waals surface area contributed by atoms with Crippen molar-refractivity contribution in [1.82, 2.24) is 0 Å². The number of nitriles is 1. The third kappa shape index (κ3) is 1.41. The van der Waals surface area contributed by atoms with E-state index < -0.39 is 17.7 Å². The number of nitrogens with two attached hydrogens (primary N) is 1. The van der Waals surface area contributed by atoms with Crippen molar-refractivity contribution in [3.63, 3.8) is 0 Å². The minimum absolute atomic E-state index is 0.375. The summed E-state index contributed by atoms with van der Waals surface area (Å²) in [5, 5.41) is 8.33. The summed E-state index contributed by atoms with van der Waals surface area (Å²) in [6.45, 7) is 0. The van der Waals surface area contributed by atoms with Gasteiger partial charge in [0.25, 0.3) is 0 Å². The molecule has 4 heteroatoms. The van der Waals surface area contributed by atoms with E-state index in [1.165, 1.54) is 6.07 Å². The lowest BCUT2D eigenvalue weighted by atomic mass is 10.1. The zero-order valence-electron chi connectivity index (χ0n) is 6.09. The summed E-state index contributed by atoms with van der Waals surface area (Å²) in [6.07, 6.45) is 0. The van der Waals surface area contributed by atoms with Gasteiger partial charge < -0.3 is 5.73 Å². The molecule has 0 amide bonds. The van der Waals surface area contributed by atoms with E-state index in [9.17, 15) is 8.78 Å². The van der Waals surface area contributed by atoms with Crippen LogP contribution in [0.15, 0.2) is 18.2 Å². The average molecular weight is 168 g/mol. The maximum absolute atomic E-state index is 12.8. The maximum atomic E-state index is 12.8. The van der Waals surface area contributed by atoms with Crippen molar-refractivity contribution in [3.8, 4) is 6.07 Å². The van der Waals surface area contributed by atoms with Gasteiger partial charge in [-0.3, -0.25) is 0 Å². The molecule has 1 unspecified atom stereocenters. The molecule has 0 fully saturated rings. The molecule has 1 atom stereocenters. The molecule has 1 aromatic carbocycles. The second kappa shape index (κ2) is 3.28. The second-order valence-electron chi connectivity index (χ2n) is 2.24. The van der Waals surface area contributed by atoms with E-state index >= 15 is 0 Å². The van der Waals surface area contributed by atoms with Crippen molar-refractivity contribution in [2.75, 3.05) is 0 Å². The van der Waals surface area contributed by atoms with Crippen LogP contribution in [0.1, 0.15) is 11.6 Å². The van der Waals surface area contributed by atoms with Crippen LogP contribution in [0.5, 0.6) is 0 Å². The molecule has 2 N–H and O–H groups in total. The van der Waals surface area contributed by atoms with Gasteiger partial charge in [-0.15, -0.1) is 0 Å². The van der Waals surface area contributed by atoms with Crippen LogP contribution in [0.2, 0.25) is 0 Å². The van der Waals surface area contributed by atoms with E-state index in [1.807, 2.05) is 0 Å². The predicted octanol–water partition coefficient (Wildman–Crippen LogP) is 1.49. The fourth-order valence-electron chi connectivity index (χ4n) is 0.872. The van der Waals surface area contributed by atoms with Gasteiger partial charge in [-0.05, 0) is 12.1 Å². The first-order valence-corrected chi connectivity index (χ1v) is 3.26. The molecule has 0 aliphatic rings. The van der Waals surface area contributed by atoms with E-state index in [1.54, 1.807) is 6.07 Å². The van der Waals surface area contributed by atoms with Crippen molar-refractivity contribution >= 4 is 0 Å². The molecule has 0 saturated carbocycles. The smallest absolute Gasteiger partial charge is 0.131 e. The van der Waals surface area contributed by atoms with E-state index in [0.717, 1.165) is 12.1 Å². The Labute approximate surface area is 68.2 Å². The van der Waals surface area contributed by atoms with Gasteiger partial charge in [0.05, 0.1) is 11.6 Å². The van der Waals surface area contributed by atoms with Crippen molar-refractivity contribution in [2.24, 2.45) is 5.73 Å². The Morgan fingerprint density at radius 1 is 1.33 bits per heavy atom. The molecule has 0 saturated heterocycles. The third-order valence-corrected chi connectivity index (χ3v) is 1.45. The van der Waals surface area contributed by atoms with Crippen LogP contribution >= 0.6 is 0 Å². The molecule has 0 aliphatic heterocycles. The largest absolute Gasteiger partial charge is 0.312 e. The molecule has 1 aromatic rings. The van der Waals surface area contributed by atoms with Gasteiger partial charge in [0.1, 0.15) is 17.7 Å². The van der Waals surface area contributed by atoms with Gasteiger partial charge in [-0.2, -0.15) is 5.26 Å². The first-order chi connectivity index (χ1) is 5.66. The molecule has 0 bridgehead atoms. The standard InChI is InChI=1S/C8H6F2N2/c9-5-2-1-3-6(10)8(5)7(12)4-11/h1-3,7H,12H2. The van der Waals surface area contributed by atoms with Crippen LogP contribution in [-0.4, -0.2) is 0 Å². The highest BCUT2D eigenvalue weighted by molar-refractivity contribution is 5.26.